The van der Waals surface area contributed by atoms with Crippen molar-refractivity contribution in [2.24, 2.45) is 5.92 Å². The van der Waals surface area contributed by atoms with Gasteiger partial charge in [-0.15, -0.1) is 0 Å². The van der Waals surface area contributed by atoms with Crippen LogP contribution in [-0.2, 0) is 0 Å². The van der Waals surface area contributed by atoms with Crippen LogP contribution in [0.5, 0.6) is 0 Å². The maximum absolute atomic E-state index is 12.4. The third-order valence-electron chi connectivity index (χ3n) is 4.12. The number of carbonyl (C=O) groups is 1. The van der Waals surface area contributed by atoms with Gasteiger partial charge in [0.1, 0.15) is 0 Å². The van der Waals surface area contributed by atoms with E-state index in [0.717, 1.165) is 19.5 Å². The lowest BCUT2D eigenvalue weighted by molar-refractivity contribution is 0.113. The molecule has 0 spiro atoms. The number of urea groups is 1. The van der Waals surface area contributed by atoms with Gasteiger partial charge in [0.25, 0.3) is 0 Å². The van der Waals surface area contributed by atoms with Gasteiger partial charge in [-0.2, -0.15) is 5.26 Å². The maximum atomic E-state index is 12.4. The Morgan fingerprint density at radius 3 is 2.95 bits per heavy atom. The molecule has 0 aliphatic carbocycles. The molecule has 1 fully saturated rings. The van der Waals surface area contributed by atoms with Crippen molar-refractivity contribution in [1.82, 2.24) is 9.80 Å². The first-order valence-electron chi connectivity index (χ1n) is 7.23. The molecule has 2 atom stereocenters. The molecule has 0 aromatic heterocycles. The number of nitriles is 1. The van der Waals surface area contributed by atoms with E-state index in [4.69, 9.17) is 5.26 Å². The number of hydrogen-bond acceptors (Lipinski definition) is 3. The van der Waals surface area contributed by atoms with Crippen molar-refractivity contribution in [2.45, 2.75) is 19.4 Å². The molecular weight excluding hydrogens is 264 g/mol. The Morgan fingerprint density at radius 2 is 2.29 bits per heavy atom. The first-order valence-corrected chi connectivity index (χ1v) is 7.23. The maximum Gasteiger partial charge on any atom is 0.321 e. The lowest BCUT2D eigenvalue weighted by Gasteiger charge is -2.39. The van der Waals surface area contributed by atoms with Gasteiger partial charge in [0, 0.05) is 25.3 Å². The first kappa shape index (κ1) is 15.3. The number of hydrogen-bond donors (Lipinski definition) is 1. The van der Waals surface area contributed by atoms with E-state index in [-0.39, 0.29) is 12.1 Å². The minimum atomic E-state index is -0.119. The fourth-order valence-electron chi connectivity index (χ4n) is 2.95. The second-order valence-electron chi connectivity index (χ2n) is 5.83. The Balaban J connectivity index is 2.01. The van der Waals surface area contributed by atoms with Crippen LogP contribution >= 0.6 is 0 Å². The molecule has 1 heterocycles. The number of likely N-dealkylation sites (tertiary alicyclic amines) is 1. The molecule has 0 radical (unpaired) electrons. The summed E-state index contributed by atoms with van der Waals surface area (Å²) in [6.07, 6.45) is 0.986. The molecule has 1 aliphatic rings. The highest BCUT2D eigenvalue weighted by molar-refractivity contribution is 5.89. The zero-order chi connectivity index (χ0) is 15.4. The van der Waals surface area contributed by atoms with Crippen LogP contribution in [0, 0.1) is 17.2 Å². The molecule has 0 unspecified atom stereocenters. The van der Waals surface area contributed by atoms with Crippen molar-refractivity contribution < 1.29 is 4.79 Å². The van der Waals surface area contributed by atoms with Gasteiger partial charge >= 0.3 is 6.03 Å². The molecule has 1 aromatic rings. The van der Waals surface area contributed by atoms with E-state index < -0.39 is 0 Å². The zero-order valence-corrected chi connectivity index (χ0v) is 12.8. The van der Waals surface area contributed by atoms with E-state index in [0.29, 0.717) is 17.2 Å². The second kappa shape index (κ2) is 6.59. The third kappa shape index (κ3) is 3.73. The molecule has 5 nitrogen and oxygen atoms in total. The summed E-state index contributed by atoms with van der Waals surface area (Å²) in [5.41, 5.74) is 1.20. The minimum Gasteiger partial charge on any atom is -0.324 e. The van der Waals surface area contributed by atoms with E-state index in [1.807, 2.05) is 7.05 Å². The van der Waals surface area contributed by atoms with E-state index in [1.54, 1.807) is 29.2 Å². The Bertz CT molecular complexity index is 551. The van der Waals surface area contributed by atoms with E-state index >= 15 is 0 Å². The van der Waals surface area contributed by atoms with Gasteiger partial charge in [0.2, 0.25) is 0 Å². The monoisotopic (exact) mass is 286 g/mol. The van der Waals surface area contributed by atoms with Crippen LogP contribution in [0.2, 0.25) is 0 Å². The number of nitrogens with one attached hydrogen (secondary N) is 1. The Labute approximate surface area is 126 Å². The minimum absolute atomic E-state index is 0.119. The SMILES string of the molecule is C[C@@H]1CN(C)CC[C@H]1N(C)C(=O)Nc1cccc(C#N)c1. The van der Waals surface area contributed by atoms with E-state index in [1.165, 1.54) is 0 Å². The average molecular weight is 286 g/mol. The van der Waals surface area contributed by atoms with Gasteiger partial charge in [-0.3, -0.25) is 0 Å². The summed E-state index contributed by atoms with van der Waals surface area (Å²) in [6, 6.07) is 9.18. The predicted octanol–water partition coefficient (Wildman–Crippen LogP) is 2.36. The number of piperidine rings is 1. The standard InChI is InChI=1S/C16H22N4O/c1-12-11-19(2)8-7-15(12)20(3)16(21)18-14-6-4-5-13(9-14)10-17/h4-6,9,12,15H,7-8,11H2,1-3H3,(H,18,21)/t12-,15-/m1/s1. The highest BCUT2D eigenvalue weighted by Gasteiger charge is 2.29. The van der Waals surface area contributed by atoms with Gasteiger partial charge in [-0.1, -0.05) is 13.0 Å². The molecule has 0 bridgehead atoms. The fourth-order valence-corrected chi connectivity index (χ4v) is 2.95. The Morgan fingerprint density at radius 1 is 1.52 bits per heavy atom. The normalized spacial score (nSPS) is 22.4. The van der Waals surface area contributed by atoms with E-state index in [9.17, 15) is 4.79 Å². The summed E-state index contributed by atoms with van der Waals surface area (Å²) in [4.78, 5) is 16.4. The highest BCUT2D eigenvalue weighted by Crippen LogP contribution is 2.21. The zero-order valence-electron chi connectivity index (χ0n) is 12.8. The molecule has 5 heteroatoms. The number of amides is 2. The van der Waals surface area contributed by atoms with Crippen LogP contribution in [0.25, 0.3) is 0 Å². The molecule has 21 heavy (non-hydrogen) atoms. The van der Waals surface area contributed by atoms with Crippen molar-refractivity contribution in [3.05, 3.63) is 29.8 Å². The van der Waals surface area contributed by atoms with Gasteiger partial charge in [0.05, 0.1) is 11.6 Å². The summed E-state index contributed by atoms with van der Waals surface area (Å²) in [7, 11) is 3.95. The van der Waals surface area contributed by atoms with Crippen molar-refractivity contribution >= 4 is 11.7 Å². The summed E-state index contributed by atoms with van der Waals surface area (Å²) in [5, 5.41) is 11.8. The molecule has 1 aromatic carbocycles. The molecule has 1 N–H and O–H groups in total. The molecule has 0 saturated carbocycles. The van der Waals surface area contributed by atoms with Crippen LogP contribution in [0.4, 0.5) is 10.5 Å². The molecule has 2 rings (SSSR count). The Kier molecular flexibility index (Phi) is 4.81. The second-order valence-corrected chi connectivity index (χ2v) is 5.83. The van der Waals surface area contributed by atoms with Crippen LogP contribution < -0.4 is 5.32 Å². The Hall–Kier alpha value is -2.06. The van der Waals surface area contributed by atoms with Gasteiger partial charge in [-0.05, 0) is 44.1 Å². The van der Waals surface area contributed by atoms with Gasteiger partial charge in [0.15, 0.2) is 0 Å². The van der Waals surface area contributed by atoms with Crippen molar-refractivity contribution in [2.75, 3.05) is 32.5 Å². The average Bonchev–Trinajstić information content (AvgIpc) is 2.46. The lowest BCUT2D eigenvalue weighted by atomic mass is 9.93. The lowest BCUT2D eigenvalue weighted by Crippen LogP contribution is -2.50. The molecule has 1 saturated heterocycles. The quantitative estimate of drug-likeness (QED) is 0.908. The molecule has 2 amide bonds. The largest absolute Gasteiger partial charge is 0.324 e. The topological polar surface area (TPSA) is 59.4 Å². The van der Waals surface area contributed by atoms with Crippen molar-refractivity contribution in [1.29, 1.82) is 5.26 Å². The summed E-state index contributed by atoms with van der Waals surface area (Å²) in [5.74, 6) is 0.449. The smallest absolute Gasteiger partial charge is 0.321 e. The fraction of sp³-hybridized carbons (Fsp3) is 0.500. The van der Waals surface area contributed by atoms with E-state index in [2.05, 4.69) is 30.3 Å². The first-order chi connectivity index (χ1) is 10.0. The van der Waals surface area contributed by atoms with Gasteiger partial charge < -0.3 is 15.1 Å². The van der Waals surface area contributed by atoms with Crippen LogP contribution in [0.1, 0.15) is 18.9 Å². The van der Waals surface area contributed by atoms with Crippen LogP contribution in [-0.4, -0.2) is 49.1 Å². The number of carbonyl (C=O) groups excluding carboxylic acids is 1. The predicted molar refractivity (Wildman–Crippen MR) is 83.0 cm³/mol. The van der Waals surface area contributed by atoms with Gasteiger partial charge in [-0.25, -0.2) is 4.79 Å². The third-order valence-corrected chi connectivity index (χ3v) is 4.12. The summed E-state index contributed by atoms with van der Waals surface area (Å²) in [6.45, 7) is 4.20. The summed E-state index contributed by atoms with van der Waals surface area (Å²) < 4.78 is 0. The van der Waals surface area contributed by atoms with Crippen LogP contribution in [0.15, 0.2) is 24.3 Å². The van der Waals surface area contributed by atoms with Crippen LogP contribution in [0.3, 0.4) is 0 Å². The van der Waals surface area contributed by atoms with Crippen molar-refractivity contribution in [3.8, 4) is 6.07 Å². The molecular formula is C16H22N4O. The number of nitrogens with zero attached hydrogens (tertiary/aromatic N) is 3. The number of benzene rings is 1. The number of rotatable bonds is 2. The summed E-state index contributed by atoms with van der Waals surface area (Å²) >= 11 is 0. The highest BCUT2D eigenvalue weighted by atomic mass is 16.2. The molecule has 112 valence electrons. The molecule has 1 aliphatic heterocycles. The van der Waals surface area contributed by atoms with Crippen molar-refractivity contribution in [3.63, 3.8) is 0 Å². The number of anilines is 1.